The van der Waals surface area contributed by atoms with Crippen LogP contribution in [0, 0.1) is 19.8 Å². The van der Waals surface area contributed by atoms with E-state index in [1.54, 1.807) is 5.56 Å². The van der Waals surface area contributed by atoms with Crippen LogP contribution in [0.2, 0.25) is 0 Å². The lowest BCUT2D eigenvalue weighted by Gasteiger charge is -2.29. The molecule has 2 nitrogen and oxygen atoms in total. The summed E-state index contributed by atoms with van der Waals surface area (Å²) in [6.07, 6.45) is 9.74. The molecule has 2 aliphatic carbocycles. The third-order valence-corrected chi connectivity index (χ3v) is 5.31. The van der Waals surface area contributed by atoms with Gasteiger partial charge in [-0.3, -0.25) is 0 Å². The summed E-state index contributed by atoms with van der Waals surface area (Å²) in [6.45, 7) is 5.40. The molecule has 0 saturated heterocycles. The second kappa shape index (κ2) is 5.32. The molecule has 19 heavy (non-hydrogen) atoms. The third kappa shape index (κ3) is 2.47. The fraction of sp³-hybridized carbons (Fsp3) is 0.765. The van der Waals surface area contributed by atoms with E-state index < -0.39 is 0 Å². The molecule has 2 fully saturated rings. The van der Waals surface area contributed by atoms with Crippen molar-refractivity contribution in [1.29, 1.82) is 0 Å². The molecule has 2 N–H and O–H groups in total. The van der Waals surface area contributed by atoms with E-state index >= 15 is 0 Å². The summed E-state index contributed by atoms with van der Waals surface area (Å²) in [5.74, 6) is 1.42. The largest absolute Gasteiger partial charge is 0.346 e. The monoisotopic (exact) mass is 260 g/mol. The van der Waals surface area contributed by atoms with E-state index in [9.17, 15) is 0 Å². The molecule has 1 atom stereocenters. The van der Waals surface area contributed by atoms with E-state index in [-0.39, 0.29) is 0 Å². The molecule has 0 aromatic carbocycles. The summed E-state index contributed by atoms with van der Waals surface area (Å²) in [5, 5.41) is 0. The molecular weight excluding hydrogens is 232 g/mol. The molecule has 1 aromatic rings. The first-order valence-corrected chi connectivity index (χ1v) is 8.10. The molecule has 0 spiro atoms. The second-order valence-corrected chi connectivity index (χ2v) is 6.67. The second-order valence-electron chi connectivity index (χ2n) is 6.67. The molecule has 2 aliphatic rings. The van der Waals surface area contributed by atoms with Crippen LogP contribution in [0.25, 0.3) is 0 Å². The van der Waals surface area contributed by atoms with Crippen molar-refractivity contribution >= 4 is 0 Å². The maximum atomic E-state index is 6.15. The minimum absolute atomic E-state index is 0.596. The molecule has 1 unspecified atom stereocenters. The van der Waals surface area contributed by atoms with Crippen molar-refractivity contribution in [2.75, 3.05) is 6.54 Å². The number of hydrogen-bond donors (Lipinski definition) is 1. The SMILES string of the molecule is Cc1cc(C(CN)C2CCCCC2)c(C)n1C1CC1. The summed E-state index contributed by atoms with van der Waals surface area (Å²) in [5.41, 5.74) is 10.7. The van der Waals surface area contributed by atoms with Crippen molar-refractivity contribution in [3.8, 4) is 0 Å². The predicted molar refractivity (Wildman–Crippen MR) is 80.5 cm³/mol. The Morgan fingerprint density at radius 3 is 2.42 bits per heavy atom. The maximum absolute atomic E-state index is 6.15. The van der Waals surface area contributed by atoms with Gasteiger partial charge < -0.3 is 10.3 Å². The van der Waals surface area contributed by atoms with Gasteiger partial charge in [-0.1, -0.05) is 19.3 Å². The summed E-state index contributed by atoms with van der Waals surface area (Å²) in [4.78, 5) is 0. The molecule has 1 heterocycles. The molecular formula is C17H28N2. The van der Waals surface area contributed by atoms with Crippen LogP contribution < -0.4 is 5.73 Å². The van der Waals surface area contributed by atoms with Gasteiger partial charge in [-0.2, -0.15) is 0 Å². The van der Waals surface area contributed by atoms with Crippen LogP contribution in [0.1, 0.15) is 73.9 Å². The van der Waals surface area contributed by atoms with Crippen LogP contribution in [-0.2, 0) is 0 Å². The topological polar surface area (TPSA) is 30.9 Å². The van der Waals surface area contributed by atoms with Crippen LogP contribution in [0.15, 0.2) is 6.07 Å². The van der Waals surface area contributed by atoms with E-state index in [0.717, 1.165) is 18.5 Å². The number of aryl methyl sites for hydroxylation is 1. The quantitative estimate of drug-likeness (QED) is 0.869. The van der Waals surface area contributed by atoms with Gasteiger partial charge in [0.15, 0.2) is 0 Å². The first-order chi connectivity index (χ1) is 9.22. The minimum Gasteiger partial charge on any atom is -0.346 e. The van der Waals surface area contributed by atoms with Gasteiger partial charge in [0.1, 0.15) is 0 Å². The van der Waals surface area contributed by atoms with E-state index in [1.807, 2.05) is 0 Å². The van der Waals surface area contributed by atoms with Crippen molar-refractivity contribution < 1.29 is 0 Å². The fourth-order valence-corrected chi connectivity index (χ4v) is 4.18. The predicted octanol–water partition coefficient (Wildman–Crippen LogP) is 4.06. The van der Waals surface area contributed by atoms with Crippen LogP contribution in [0.4, 0.5) is 0 Å². The number of aromatic nitrogens is 1. The summed E-state index contributed by atoms with van der Waals surface area (Å²) >= 11 is 0. The molecule has 106 valence electrons. The molecule has 2 heteroatoms. The smallest absolute Gasteiger partial charge is 0.0337 e. The molecule has 2 saturated carbocycles. The molecule has 0 radical (unpaired) electrons. The van der Waals surface area contributed by atoms with Crippen molar-refractivity contribution in [2.45, 2.75) is 70.8 Å². The van der Waals surface area contributed by atoms with Gasteiger partial charge in [0.2, 0.25) is 0 Å². The molecule has 0 bridgehead atoms. The highest BCUT2D eigenvalue weighted by Gasteiger charge is 2.31. The van der Waals surface area contributed by atoms with E-state index in [0.29, 0.717) is 5.92 Å². The zero-order valence-electron chi connectivity index (χ0n) is 12.5. The summed E-state index contributed by atoms with van der Waals surface area (Å²) in [7, 11) is 0. The maximum Gasteiger partial charge on any atom is 0.0337 e. The van der Waals surface area contributed by atoms with Gasteiger partial charge in [-0.15, -0.1) is 0 Å². The zero-order valence-corrected chi connectivity index (χ0v) is 12.5. The Kier molecular flexibility index (Phi) is 3.70. The van der Waals surface area contributed by atoms with Crippen molar-refractivity contribution in [2.24, 2.45) is 11.7 Å². The van der Waals surface area contributed by atoms with Gasteiger partial charge in [0, 0.05) is 23.3 Å². The van der Waals surface area contributed by atoms with E-state index in [2.05, 4.69) is 24.5 Å². The molecule has 0 aliphatic heterocycles. The number of rotatable bonds is 4. The standard InChI is InChI=1S/C17H28N2/c1-12-10-16(13(2)19(12)15-8-9-15)17(11-18)14-6-4-3-5-7-14/h10,14-15,17H,3-9,11,18H2,1-2H3. The fourth-order valence-electron chi connectivity index (χ4n) is 4.18. The lowest BCUT2D eigenvalue weighted by Crippen LogP contribution is -2.24. The van der Waals surface area contributed by atoms with Crippen LogP contribution >= 0.6 is 0 Å². The lowest BCUT2D eigenvalue weighted by atomic mass is 9.77. The van der Waals surface area contributed by atoms with Gasteiger partial charge in [-0.25, -0.2) is 0 Å². The third-order valence-electron chi connectivity index (χ3n) is 5.31. The van der Waals surface area contributed by atoms with Gasteiger partial charge in [0.05, 0.1) is 0 Å². The molecule has 0 amide bonds. The Morgan fingerprint density at radius 1 is 1.16 bits per heavy atom. The minimum atomic E-state index is 0.596. The number of nitrogens with two attached hydrogens (primary N) is 1. The Balaban J connectivity index is 1.88. The van der Waals surface area contributed by atoms with Gasteiger partial charge in [0.25, 0.3) is 0 Å². The molecule has 3 rings (SSSR count). The summed E-state index contributed by atoms with van der Waals surface area (Å²) in [6, 6.07) is 3.22. The Bertz CT molecular complexity index is 436. The van der Waals surface area contributed by atoms with Crippen LogP contribution in [-0.4, -0.2) is 11.1 Å². The average Bonchev–Trinajstić information content (AvgIpc) is 3.20. The van der Waals surface area contributed by atoms with Gasteiger partial charge >= 0.3 is 0 Å². The normalized spacial score (nSPS) is 22.7. The van der Waals surface area contributed by atoms with E-state index in [4.69, 9.17) is 5.73 Å². The lowest BCUT2D eigenvalue weighted by molar-refractivity contribution is 0.306. The highest BCUT2D eigenvalue weighted by molar-refractivity contribution is 5.32. The van der Waals surface area contributed by atoms with Crippen molar-refractivity contribution in [3.05, 3.63) is 23.0 Å². The van der Waals surface area contributed by atoms with Crippen molar-refractivity contribution in [1.82, 2.24) is 4.57 Å². The molecule has 1 aromatic heterocycles. The Morgan fingerprint density at radius 2 is 1.84 bits per heavy atom. The van der Waals surface area contributed by atoms with E-state index in [1.165, 1.54) is 56.3 Å². The first kappa shape index (κ1) is 13.2. The summed E-state index contributed by atoms with van der Waals surface area (Å²) < 4.78 is 2.57. The highest BCUT2D eigenvalue weighted by atomic mass is 15.1. The van der Waals surface area contributed by atoms with Crippen LogP contribution in [0.5, 0.6) is 0 Å². The first-order valence-electron chi connectivity index (χ1n) is 8.10. The Hall–Kier alpha value is -0.760. The number of hydrogen-bond acceptors (Lipinski definition) is 1. The zero-order chi connectivity index (χ0) is 13.4. The van der Waals surface area contributed by atoms with Gasteiger partial charge in [-0.05, 0) is 63.6 Å². The Labute approximate surface area is 117 Å². The highest BCUT2D eigenvalue weighted by Crippen LogP contribution is 2.42. The van der Waals surface area contributed by atoms with Crippen LogP contribution in [0.3, 0.4) is 0 Å². The average molecular weight is 260 g/mol. The number of nitrogens with zero attached hydrogens (tertiary/aromatic N) is 1. The van der Waals surface area contributed by atoms with Crippen molar-refractivity contribution in [3.63, 3.8) is 0 Å².